The van der Waals surface area contributed by atoms with Gasteiger partial charge in [-0.1, -0.05) is 54.6 Å². The Bertz CT molecular complexity index is 2570. The normalized spacial score (nSPS) is 19.0. The molecule has 0 saturated carbocycles. The number of aromatic amines is 1. The number of phenols is 1. The molecule has 3 aromatic heterocycles. The smallest absolute Gasteiger partial charge is 0.408 e. The van der Waals surface area contributed by atoms with Crippen LogP contribution in [-0.4, -0.2) is 89.5 Å². The van der Waals surface area contributed by atoms with Gasteiger partial charge in [0.1, 0.15) is 37.0 Å². The molecule has 0 unspecified atom stereocenters. The number of hydrogen-bond acceptors (Lipinski definition) is 12. The van der Waals surface area contributed by atoms with Crippen molar-refractivity contribution in [2.45, 2.75) is 50.5 Å². The molecular formula is C48H51N4O10S+. The van der Waals surface area contributed by atoms with E-state index in [0.29, 0.717) is 59.4 Å². The first-order chi connectivity index (χ1) is 30.6. The second-order valence-electron chi connectivity index (χ2n) is 16.3. The Morgan fingerprint density at radius 3 is 2.56 bits per heavy atom. The fourth-order valence-electron chi connectivity index (χ4n) is 8.68. The summed E-state index contributed by atoms with van der Waals surface area (Å²) in [5.41, 5.74) is 2.17. The maximum absolute atomic E-state index is 13.6. The van der Waals surface area contributed by atoms with Crippen molar-refractivity contribution in [1.82, 2.24) is 15.6 Å². The van der Waals surface area contributed by atoms with E-state index in [-0.39, 0.29) is 60.1 Å². The summed E-state index contributed by atoms with van der Waals surface area (Å²) in [5, 5.41) is 29.6. The van der Waals surface area contributed by atoms with Crippen LogP contribution in [0.4, 0.5) is 4.79 Å². The van der Waals surface area contributed by atoms with Crippen LogP contribution in [-0.2, 0) is 16.1 Å². The quantitative estimate of drug-likeness (QED) is 0.0243. The molecule has 6 heterocycles. The number of alkyl carbamates (subject to hydrolysis) is 1. The lowest BCUT2D eigenvalue weighted by Crippen LogP contribution is -2.66. The first kappa shape index (κ1) is 43.4. The van der Waals surface area contributed by atoms with Gasteiger partial charge < -0.3 is 48.9 Å². The Balaban J connectivity index is 0.793. The van der Waals surface area contributed by atoms with Crippen molar-refractivity contribution in [2.24, 2.45) is 5.92 Å². The van der Waals surface area contributed by atoms with E-state index >= 15 is 0 Å². The van der Waals surface area contributed by atoms with Crippen molar-refractivity contribution in [1.29, 1.82) is 0 Å². The summed E-state index contributed by atoms with van der Waals surface area (Å²) >= 11 is 1.47. The number of thiophene rings is 1. The van der Waals surface area contributed by atoms with Crippen molar-refractivity contribution >= 4 is 40.1 Å². The highest BCUT2D eigenvalue weighted by atomic mass is 32.1. The average molecular weight is 876 g/mol. The Morgan fingerprint density at radius 2 is 1.75 bits per heavy atom. The zero-order chi connectivity index (χ0) is 43.8. The largest absolute Gasteiger partial charge is 0.506 e. The summed E-state index contributed by atoms with van der Waals surface area (Å²) in [6.07, 6.45) is 1.44. The van der Waals surface area contributed by atoms with Gasteiger partial charge in [0.15, 0.2) is 6.10 Å². The number of aromatic hydroxyl groups is 1. The predicted molar refractivity (Wildman–Crippen MR) is 236 cm³/mol. The Kier molecular flexibility index (Phi) is 13.7. The zero-order valence-electron chi connectivity index (χ0n) is 34.7. The summed E-state index contributed by atoms with van der Waals surface area (Å²) in [6.45, 7) is 3.92. The summed E-state index contributed by atoms with van der Waals surface area (Å²) in [4.78, 5) is 54.5. The number of H-pyrrole nitrogens is 1. The lowest BCUT2D eigenvalue weighted by Gasteiger charge is -2.51. The Labute approximate surface area is 368 Å². The number of ketones is 1. The van der Waals surface area contributed by atoms with Gasteiger partial charge in [0.05, 0.1) is 42.2 Å². The van der Waals surface area contributed by atoms with E-state index in [0.717, 1.165) is 41.9 Å². The summed E-state index contributed by atoms with van der Waals surface area (Å²) < 4.78 is 24.1. The van der Waals surface area contributed by atoms with E-state index in [1.807, 2.05) is 72.1 Å². The molecule has 0 aliphatic carbocycles. The SMILES string of the molecule is O=C(N[C@@H](c1ccccc1)c1cccc(OCc2ccc(C(=O)OCCCCNC[C@H](O)c3ccc(O)c4[nH]c(=O)ccc34)o2)c1)O[C@H]1C[N+]2(CC(=O)c3cccs3)CCC1CC2. The average Bonchev–Trinajstić information content (AvgIpc) is 4.02. The highest BCUT2D eigenvalue weighted by Crippen LogP contribution is 2.37. The topological polar surface area (TPSA) is 189 Å². The second-order valence-corrected chi connectivity index (χ2v) is 17.2. The molecule has 0 radical (unpaired) electrons. The number of ether oxygens (including phenoxy) is 3. The molecule has 0 spiro atoms. The number of nitrogens with one attached hydrogen (secondary N) is 3. The van der Waals surface area contributed by atoms with E-state index < -0.39 is 24.2 Å². The minimum atomic E-state index is -0.866. The maximum atomic E-state index is 13.6. The van der Waals surface area contributed by atoms with Crippen LogP contribution in [0.5, 0.6) is 11.5 Å². The van der Waals surface area contributed by atoms with Crippen LogP contribution in [0.3, 0.4) is 0 Å². The Hall–Kier alpha value is -6.26. The number of fused-ring (bicyclic) bond motifs is 4. The number of amides is 1. The number of pyridine rings is 1. The summed E-state index contributed by atoms with van der Waals surface area (Å²) in [5.74, 6) is 0.779. The van der Waals surface area contributed by atoms with Gasteiger partial charge in [-0.2, -0.15) is 0 Å². The van der Waals surface area contributed by atoms with Crippen LogP contribution < -0.4 is 20.9 Å². The van der Waals surface area contributed by atoms with E-state index in [4.69, 9.17) is 18.6 Å². The molecule has 63 heavy (non-hydrogen) atoms. The summed E-state index contributed by atoms with van der Waals surface area (Å²) in [7, 11) is 0. The molecule has 1 amide bonds. The summed E-state index contributed by atoms with van der Waals surface area (Å²) in [6, 6.07) is 29.5. The van der Waals surface area contributed by atoms with Gasteiger partial charge in [0.25, 0.3) is 0 Å². The highest BCUT2D eigenvalue weighted by molar-refractivity contribution is 7.12. The van der Waals surface area contributed by atoms with Gasteiger partial charge in [-0.3, -0.25) is 9.59 Å². The number of carbonyl (C=O) groups excluding carboxylic acids is 3. The molecule has 3 saturated heterocycles. The minimum Gasteiger partial charge on any atom is -0.506 e. The fourth-order valence-corrected chi connectivity index (χ4v) is 9.34. The molecule has 2 bridgehead atoms. The first-order valence-corrected chi connectivity index (χ1v) is 22.2. The van der Waals surface area contributed by atoms with Crippen LogP contribution in [0.2, 0.25) is 0 Å². The van der Waals surface area contributed by atoms with Gasteiger partial charge >= 0.3 is 12.1 Å². The fraction of sp³-hybridized carbons (Fsp3) is 0.333. The highest BCUT2D eigenvalue weighted by Gasteiger charge is 2.48. The van der Waals surface area contributed by atoms with Gasteiger partial charge in [-0.15, -0.1) is 11.3 Å². The number of aromatic nitrogens is 1. The minimum absolute atomic E-state index is 0.0512. The van der Waals surface area contributed by atoms with Crippen LogP contribution >= 0.6 is 11.3 Å². The molecule has 6 aromatic rings. The molecule has 3 atom stereocenters. The third-order valence-corrected chi connectivity index (χ3v) is 12.9. The van der Waals surface area contributed by atoms with E-state index in [9.17, 15) is 29.4 Å². The van der Waals surface area contributed by atoms with Crippen molar-refractivity contribution in [2.75, 3.05) is 45.9 Å². The molecule has 328 valence electrons. The second kappa shape index (κ2) is 19.8. The number of furan rings is 1. The van der Waals surface area contributed by atoms with Gasteiger partial charge in [0.2, 0.25) is 17.1 Å². The third-order valence-electron chi connectivity index (χ3n) is 12.0. The van der Waals surface area contributed by atoms with E-state index in [1.54, 1.807) is 24.3 Å². The number of phenolic OH excluding ortho intramolecular Hbond substituents is 1. The number of piperidine rings is 3. The predicted octanol–water partition coefficient (Wildman–Crippen LogP) is 7.03. The number of aliphatic hydroxyl groups excluding tert-OH is 1. The number of hydrogen-bond donors (Lipinski definition) is 5. The van der Waals surface area contributed by atoms with Crippen molar-refractivity contribution in [3.8, 4) is 11.5 Å². The number of Topliss-reactive ketones (excluding diaryl/α,β-unsaturated/α-hetero) is 1. The third kappa shape index (κ3) is 10.7. The number of benzene rings is 3. The lowest BCUT2D eigenvalue weighted by atomic mass is 9.83. The number of nitrogens with zero attached hydrogens (tertiary/aromatic N) is 1. The van der Waals surface area contributed by atoms with Crippen LogP contribution in [0.1, 0.15) is 80.5 Å². The monoisotopic (exact) mass is 875 g/mol. The van der Waals surface area contributed by atoms with Gasteiger partial charge in [-0.05, 0) is 83.9 Å². The molecule has 3 fully saturated rings. The molecule has 3 aliphatic rings. The van der Waals surface area contributed by atoms with E-state index in [2.05, 4.69) is 15.6 Å². The number of rotatable bonds is 19. The van der Waals surface area contributed by atoms with Crippen molar-refractivity contribution < 1.29 is 47.7 Å². The lowest BCUT2D eigenvalue weighted by molar-refractivity contribution is -0.938. The zero-order valence-corrected chi connectivity index (χ0v) is 35.5. The van der Waals surface area contributed by atoms with Crippen molar-refractivity contribution in [3.05, 3.63) is 152 Å². The van der Waals surface area contributed by atoms with Crippen LogP contribution in [0, 0.1) is 5.92 Å². The number of esters is 1. The molecular weight excluding hydrogens is 825 g/mol. The van der Waals surface area contributed by atoms with Crippen LogP contribution in [0.15, 0.2) is 118 Å². The Morgan fingerprint density at radius 1 is 0.921 bits per heavy atom. The molecule has 9 rings (SSSR count). The molecule has 14 nitrogen and oxygen atoms in total. The van der Waals surface area contributed by atoms with Crippen molar-refractivity contribution in [3.63, 3.8) is 0 Å². The number of carbonyl (C=O) groups is 3. The first-order valence-electron chi connectivity index (χ1n) is 21.3. The molecule has 15 heteroatoms. The molecule has 5 N–H and O–H groups in total. The number of aliphatic hydroxyl groups is 1. The maximum Gasteiger partial charge on any atom is 0.408 e. The van der Waals surface area contributed by atoms with Crippen LogP contribution in [0.25, 0.3) is 10.9 Å². The number of quaternary nitrogens is 1. The van der Waals surface area contributed by atoms with E-state index in [1.165, 1.54) is 23.5 Å². The number of unbranched alkanes of at least 4 members (excludes halogenated alkanes) is 1. The standard InChI is InChI=1S/C48H50N4O10S/c53-38-16-14-36(37-15-18-44(56)50-46(37)38)39(54)27-49-21-4-5-24-59-47(57)41-17-13-35(61-41)30-60-34-11-6-10-33(26-34)45(32-8-2-1-3-9-32)51-48(58)62-42-29-52(22-19-31(42)20-23-52)28-40(55)43-12-7-25-63-43/h1-3,6-18,25-26,31,39,42,45,49,54H,4-5,19-24,27-30H2,(H2-,50,51,53,56,58)/p+1/t31?,39-,42-,45-,52?/m0/s1. The van der Waals surface area contributed by atoms with Gasteiger partial charge in [0, 0.05) is 36.8 Å². The molecule has 3 aliphatic heterocycles. The van der Waals surface area contributed by atoms with Gasteiger partial charge in [-0.25, -0.2) is 9.59 Å². The molecule has 3 aromatic carbocycles.